The molecular formula is C25H45N. The van der Waals surface area contributed by atoms with E-state index in [0.717, 1.165) is 29.6 Å². The predicted octanol–water partition coefficient (Wildman–Crippen LogP) is 6.94. The Hall–Kier alpha value is -0.0400. The molecule has 0 aromatic heterocycles. The SMILES string of the molecule is CCCCCC[C@H]1CCC2C3CCC4C[C@@H](N)CC[C@]4(C)C3CC[C@@]21C. The molecule has 0 aliphatic heterocycles. The number of nitrogens with two attached hydrogens (primary N) is 1. The number of unbranched alkanes of at least 4 members (excludes halogenated alkanes) is 3. The molecule has 4 rings (SSSR count). The normalized spacial score (nSPS) is 50.8. The van der Waals surface area contributed by atoms with Crippen LogP contribution in [0.25, 0.3) is 0 Å². The third-order valence-electron chi connectivity index (χ3n) is 10.3. The minimum Gasteiger partial charge on any atom is -0.328 e. The molecule has 0 spiro atoms. The van der Waals surface area contributed by atoms with Crippen LogP contribution in [0, 0.1) is 40.4 Å². The molecule has 0 aromatic rings. The molecule has 0 bridgehead atoms. The van der Waals surface area contributed by atoms with E-state index in [1.165, 1.54) is 77.0 Å². The van der Waals surface area contributed by atoms with Gasteiger partial charge < -0.3 is 5.73 Å². The summed E-state index contributed by atoms with van der Waals surface area (Å²) < 4.78 is 0. The molecule has 4 unspecified atom stereocenters. The minimum atomic E-state index is 0.498. The molecule has 4 aliphatic carbocycles. The van der Waals surface area contributed by atoms with Gasteiger partial charge in [-0.25, -0.2) is 0 Å². The summed E-state index contributed by atoms with van der Waals surface area (Å²) in [6, 6.07) is 0.498. The van der Waals surface area contributed by atoms with Gasteiger partial charge in [0.1, 0.15) is 0 Å². The average Bonchev–Trinajstić information content (AvgIpc) is 2.96. The second-order valence-electron chi connectivity index (χ2n) is 11.4. The zero-order valence-electron chi connectivity index (χ0n) is 17.9. The summed E-state index contributed by atoms with van der Waals surface area (Å²) in [5, 5.41) is 0. The lowest BCUT2D eigenvalue weighted by Gasteiger charge is -2.61. The van der Waals surface area contributed by atoms with Gasteiger partial charge in [-0.15, -0.1) is 0 Å². The number of hydrogen-bond acceptors (Lipinski definition) is 1. The molecule has 0 heterocycles. The second kappa shape index (κ2) is 7.41. The smallest absolute Gasteiger partial charge is 0.00418 e. The Morgan fingerprint density at radius 3 is 2.38 bits per heavy atom. The van der Waals surface area contributed by atoms with E-state index in [4.69, 9.17) is 5.73 Å². The molecular weight excluding hydrogens is 314 g/mol. The molecule has 150 valence electrons. The first-order valence-electron chi connectivity index (χ1n) is 12.2. The van der Waals surface area contributed by atoms with Crippen molar-refractivity contribution in [2.24, 2.45) is 46.2 Å². The van der Waals surface area contributed by atoms with Crippen molar-refractivity contribution in [3.63, 3.8) is 0 Å². The van der Waals surface area contributed by atoms with E-state index < -0.39 is 0 Å². The molecule has 1 nitrogen and oxygen atoms in total. The lowest BCUT2D eigenvalue weighted by Crippen LogP contribution is -2.54. The maximum Gasteiger partial charge on any atom is 0.00418 e. The van der Waals surface area contributed by atoms with Gasteiger partial charge in [0.05, 0.1) is 0 Å². The number of rotatable bonds is 5. The van der Waals surface area contributed by atoms with Crippen LogP contribution in [0.4, 0.5) is 0 Å². The molecule has 4 saturated carbocycles. The largest absolute Gasteiger partial charge is 0.328 e. The van der Waals surface area contributed by atoms with E-state index >= 15 is 0 Å². The maximum absolute atomic E-state index is 6.36. The Morgan fingerprint density at radius 1 is 0.808 bits per heavy atom. The first kappa shape index (κ1) is 19.3. The Labute approximate surface area is 163 Å². The zero-order chi connectivity index (χ0) is 18.4. The van der Waals surface area contributed by atoms with Crippen LogP contribution in [0.1, 0.15) is 111 Å². The number of fused-ring (bicyclic) bond motifs is 5. The van der Waals surface area contributed by atoms with Crippen LogP contribution >= 0.6 is 0 Å². The molecule has 0 aromatic carbocycles. The topological polar surface area (TPSA) is 26.0 Å². The van der Waals surface area contributed by atoms with E-state index in [-0.39, 0.29) is 0 Å². The van der Waals surface area contributed by atoms with Gasteiger partial charge in [0.15, 0.2) is 0 Å². The van der Waals surface area contributed by atoms with E-state index in [1.54, 1.807) is 12.8 Å². The molecule has 0 radical (unpaired) electrons. The fraction of sp³-hybridized carbons (Fsp3) is 1.00. The third kappa shape index (κ3) is 3.09. The summed E-state index contributed by atoms with van der Waals surface area (Å²) in [7, 11) is 0. The molecule has 0 saturated heterocycles. The first-order valence-corrected chi connectivity index (χ1v) is 12.2. The molecule has 0 amide bonds. The highest BCUT2D eigenvalue weighted by molar-refractivity contribution is 5.09. The van der Waals surface area contributed by atoms with Gasteiger partial charge in [0.2, 0.25) is 0 Å². The monoisotopic (exact) mass is 359 g/mol. The lowest BCUT2D eigenvalue weighted by atomic mass is 9.44. The Balaban J connectivity index is 1.46. The summed E-state index contributed by atoms with van der Waals surface area (Å²) >= 11 is 0. The first-order chi connectivity index (χ1) is 12.5. The lowest BCUT2D eigenvalue weighted by molar-refractivity contribution is -0.113. The van der Waals surface area contributed by atoms with E-state index in [2.05, 4.69) is 20.8 Å². The van der Waals surface area contributed by atoms with Gasteiger partial charge in [-0.2, -0.15) is 0 Å². The van der Waals surface area contributed by atoms with Gasteiger partial charge in [-0.1, -0.05) is 46.5 Å². The van der Waals surface area contributed by atoms with Crippen molar-refractivity contribution in [1.82, 2.24) is 0 Å². The summed E-state index contributed by atoms with van der Waals surface area (Å²) in [5.41, 5.74) is 7.67. The van der Waals surface area contributed by atoms with Crippen LogP contribution in [0.5, 0.6) is 0 Å². The van der Waals surface area contributed by atoms with Crippen LogP contribution in [-0.2, 0) is 0 Å². The molecule has 26 heavy (non-hydrogen) atoms. The average molecular weight is 360 g/mol. The Morgan fingerprint density at radius 2 is 1.58 bits per heavy atom. The molecule has 2 N–H and O–H groups in total. The zero-order valence-corrected chi connectivity index (χ0v) is 17.9. The predicted molar refractivity (Wildman–Crippen MR) is 112 cm³/mol. The standard InChI is InChI=1S/C25H45N/c1-4-5-6-7-8-18-10-12-22-21-11-9-19-17-20(26)13-15-25(19,3)23(21)14-16-24(18,22)2/h18-23H,4-17,26H2,1-3H3/t18-,19?,20-,21?,22?,23?,24+,25-/m0/s1. The van der Waals surface area contributed by atoms with E-state index in [0.29, 0.717) is 16.9 Å². The van der Waals surface area contributed by atoms with Gasteiger partial charge >= 0.3 is 0 Å². The number of hydrogen-bond donors (Lipinski definition) is 1. The van der Waals surface area contributed by atoms with Crippen molar-refractivity contribution in [3.05, 3.63) is 0 Å². The fourth-order valence-corrected chi connectivity index (χ4v) is 8.69. The van der Waals surface area contributed by atoms with E-state index in [9.17, 15) is 0 Å². The van der Waals surface area contributed by atoms with Crippen molar-refractivity contribution in [3.8, 4) is 0 Å². The van der Waals surface area contributed by atoms with Crippen molar-refractivity contribution in [2.75, 3.05) is 0 Å². The maximum atomic E-state index is 6.36. The van der Waals surface area contributed by atoms with Crippen LogP contribution in [-0.4, -0.2) is 6.04 Å². The summed E-state index contributed by atoms with van der Waals surface area (Å²) in [6.07, 6.45) is 20.5. The van der Waals surface area contributed by atoms with Gasteiger partial charge in [-0.05, 0) is 105 Å². The summed E-state index contributed by atoms with van der Waals surface area (Å²) in [5.74, 6) is 5.08. The van der Waals surface area contributed by atoms with E-state index in [1.807, 2.05) is 0 Å². The van der Waals surface area contributed by atoms with Crippen molar-refractivity contribution < 1.29 is 0 Å². The highest BCUT2D eigenvalue weighted by Gasteiger charge is 2.59. The van der Waals surface area contributed by atoms with Crippen molar-refractivity contribution >= 4 is 0 Å². The Kier molecular flexibility index (Phi) is 5.50. The van der Waals surface area contributed by atoms with Crippen molar-refractivity contribution in [2.45, 2.75) is 117 Å². The Bertz CT molecular complexity index is 487. The minimum absolute atomic E-state index is 0.498. The molecule has 8 atom stereocenters. The molecule has 4 fully saturated rings. The van der Waals surface area contributed by atoms with Crippen LogP contribution < -0.4 is 5.73 Å². The second-order valence-corrected chi connectivity index (χ2v) is 11.4. The summed E-state index contributed by atoms with van der Waals surface area (Å²) in [6.45, 7) is 7.74. The van der Waals surface area contributed by atoms with Crippen LogP contribution in [0.15, 0.2) is 0 Å². The quantitative estimate of drug-likeness (QED) is 0.528. The highest BCUT2D eigenvalue weighted by atomic mass is 14.7. The molecule has 4 aliphatic rings. The highest BCUT2D eigenvalue weighted by Crippen LogP contribution is 2.67. The van der Waals surface area contributed by atoms with Crippen molar-refractivity contribution in [1.29, 1.82) is 0 Å². The van der Waals surface area contributed by atoms with Gasteiger partial charge in [0.25, 0.3) is 0 Å². The van der Waals surface area contributed by atoms with Crippen LogP contribution in [0.2, 0.25) is 0 Å². The third-order valence-corrected chi connectivity index (χ3v) is 10.3. The van der Waals surface area contributed by atoms with Gasteiger partial charge in [-0.3, -0.25) is 0 Å². The van der Waals surface area contributed by atoms with Gasteiger partial charge in [0, 0.05) is 6.04 Å². The molecule has 1 heteroatoms. The fourth-order valence-electron chi connectivity index (χ4n) is 8.69. The van der Waals surface area contributed by atoms with Crippen LogP contribution in [0.3, 0.4) is 0 Å². The summed E-state index contributed by atoms with van der Waals surface area (Å²) in [4.78, 5) is 0.